The second-order valence-electron chi connectivity index (χ2n) is 4.15. The number of nitrogens with zero attached hydrogens (tertiary/aromatic N) is 1. The van der Waals surface area contributed by atoms with Gasteiger partial charge in [-0.1, -0.05) is 0 Å². The Morgan fingerprint density at radius 1 is 1.47 bits per heavy atom. The van der Waals surface area contributed by atoms with Gasteiger partial charge in [0.05, 0.1) is 7.11 Å². The third kappa shape index (κ3) is 2.88. The van der Waals surface area contributed by atoms with E-state index in [4.69, 9.17) is 10.5 Å². The quantitative estimate of drug-likeness (QED) is 0.811. The summed E-state index contributed by atoms with van der Waals surface area (Å²) in [7, 11) is 1.61. The summed E-state index contributed by atoms with van der Waals surface area (Å²) < 4.78 is 5.05. The monoisotopic (exact) mass is 235 g/mol. The van der Waals surface area contributed by atoms with E-state index in [1.807, 2.05) is 24.3 Å². The second kappa shape index (κ2) is 5.05. The third-order valence-corrected chi connectivity index (χ3v) is 2.85. The van der Waals surface area contributed by atoms with Gasteiger partial charge >= 0.3 is 6.03 Å². The van der Waals surface area contributed by atoms with Crippen LogP contribution in [0, 0.1) is 0 Å². The Hall–Kier alpha value is -1.75. The van der Waals surface area contributed by atoms with Gasteiger partial charge < -0.3 is 20.7 Å². The van der Waals surface area contributed by atoms with Gasteiger partial charge in [-0.3, -0.25) is 0 Å². The Bertz CT molecular complexity index is 391. The molecule has 1 aromatic rings. The first-order chi connectivity index (χ1) is 8.19. The van der Waals surface area contributed by atoms with Crippen LogP contribution in [0.4, 0.5) is 10.5 Å². The maximum absolute atomic E-state index is 11.8. The summed E-state index contributed by atoms with van der Waals surface area (Å²) in [5, 5.41) is 2.83. The highest BCUT2D eigenvalue weighted by atomic mass is 16.5. The van der Waals surface area contributed by atoms with Crippen LogP contribution in [0.25, 0.3) is 0 Å². The Kier molecular flexibility index (Phi) is 3.49. The van der Waals surface area contributed by atoms with Crippen LogP contribution in [0.3, 0.4) is 0 Å². The van der Waals surface area contributed by atoms with Crippen molar-refractivity contribution in [3.63, 3.8) is 0 Å². The topological polar surface area (TPSA) is 67.6 Å². The molecule has 1 unspecified atom stereocenters. The zero-order chi connectivity index (χ0) is 12.3. The molecule has 92 valence electrons. The molecule has 17 heavy (non-hydrogen) atoms. The van der Waals surface area contributed by atoms with Crippen molar-refractivity contribution >= 4 is 11.7 Å². The van der Waals surface area contributed by atoms with Gasteiger partial charge in [0.15, 0.2) is 0 Å². The number of likely N-dealkylation sites (tertiary alicyclic amines) is 1. The lowest BCUT2D eigenvalue weighted by Gasteiger charge is -2.16. The standard InChI is InChI=1S/C12H17N3O2/c1-17-11-4-2-10(3-5-11)14-12(16)15-7-6-9(13)8-15/h2-5,9H,6-8,13H2,1H3,(H,14,16). The Balaban J connectivity index is 1.93. The van der Waals surface area contributed by atoms with E-state index in [1.165, 1.54) is 0 Å². The molecule has 5 heteroatoms. The Labute approximate surface area is 101 Å². The van der Waals surface area contributed by atoms with Crippen LogP contribution in [0.5, 0.6) is 5.75 Å². The van der Waals surface area contributed by atoms with E-state index in [1.54, 1.807) is 12.0 Å². The minimum atomic E-state index is -0.0943. The van der Waals surface area contributed by atoms with Crippen LogP contribution in [0.1, 0.15) is 6.42 Å². The largest absolute Gasteiger partial charge is 0.497 e. The molecule has 1 atom stereocenters. The van der Waals surface area contributed by atoms with Gasteiger partial charge in [0.2, 0.25) is 0 Å². The zero-order valence-corrected chi connectivity index (χ0v) is 9.85. The number of amides is 2. The first kappa shape index (κ1) is 11.7. The van der Waals surface area contributed by atoms with Gasteiger partial charge in [-0.2, -0.15) is 0 Å². The van der Waals surface area contributed by atoms with Crippen molar-refractivity contribution in [1.82, 2.24) is 4.90 Å². The molecule has 0 bridgehead atoms. The van der Waals surface area contributed by atoms with E-state index in [0.29, 0.717) is 6.54 Å². The number of methoxy groups -OCH3 is 1. The lowest BCUT2D eigenvalue weighted by atomic mass is 10.3. The summed E-state index contributed by atoms with van der Waals surface area (Å²) in [6, 6.07) is 7.26. The molecule has 0 spiro atoms. The zero-order valence-electron chi connectivity index (χ0n) is 9.85. The maximum atomic E-state index is 11.8. The summed E-state index contributed by atoms with van der Waals surface area (Å²) in [5.41, 5.74) is 6.52. The molecule has 5 nitrogen and oxygen atoms in total. The summed E-state index contributed by atoms with van der Waals surface area (Å²) in [5.74, 6) is 0.770. The number of carbonyl (C=O) groups is 1. The predicted octanol–water partition coefficient (Wildman–Crippen LogP) is 1.26. The highest BCUT2D eigenvalue weighted by Crippen LogP contribution is 2.16. The van der Waals surface area contributed by atoms with Crippen molar-refractivity contribution < 1.29 is 9.53 Å². The molecule has 1 fully saturated rings. The first-order valence-electron chi connectivity index (χ1n) is 5.64. The molecule has 3 N–H and O–H groups in total. The number of nitrogens with two attached hydrogens (primary N) is 1. The number of rotatable bonds is 2. The van der Waals surface area contributed by atoms with Crippen molar-refractivity contribution in [1.29, 1.82) is 0 Å². The number of hydrogen-bond donors (Lipinski definition) is 2. The summed E-state index contributed by atoms with van der Waals surface area (Å²) in [4.78, 5) is 13.6. The normalized spacial score (nSPS) is 19.2. The number of anilines is 1. The lowest BCUT2D eigenvalue weighted by molar-refractivity contribution is 0.222. The molecule has 2 amide bonds. The summed E-state index contributed by atoms with van der Waals surface area (Å²) >= 11 is 0. The molecule has 0 aromatic heterocycles. The molecule has 1 aliphatic heterocycles. The molecule has 1 aromatic carbocycles. The smallest absolute Gasteiger partial charge is 0.321 e. The van der Waals surface area contributed by atoms with E-state index in [2.05, 4.69) is 5.32 Å². The van der Waals surface area contributed by atoms with Crippen molar-refractivity contribution in [2.75, 3.05) is 25.5 Å². The average Bonchev–Trinajstić information content (AvgIpc) is 2.77. The van der Waals surface area contributed by atoms with E-state index < -0.39 is 0 Å². The molecule has 0 aliphatic carbocycles. The van der Waals surface area contributed by atoms with Crippen LogP contribution in [-0.4, -0.2) is 37.2 Å². The molecule has 1 aliphatic rings. The van der Waals surface area contributed by atoms with Crippen LogP contribution in [0.2, 0.25) is 0 Å². The van der Waals surface area contributed by atoms with Crippen molar-refractivity contribution in [2.24, 2.45) is 5.73 Å². The highest BCUT2D eigenvalue weighted by Gasteiger charge is 2.23. The summed E-state index contributed by atoms with van der Waals surface area (Å²) in [6.45, 7) is 1.35. The van der Waals surface area contributed by atoms with Crippen molar-refractivity contribution in [2.45, 2.75) is 12.5 Å². The molecule has 1 heterocycles. The van der Waals surface area contributed by atoms with Gasteiger partial charge in [0, 0.05) is 24.8 Å². The van der Waals surface area contributed by atoms with Gasteiger partial charge in [-0.05, 0) is 30.7 Å². The molecular weight excluding hydrogens is 218 g/mol. The van der Waals surface area contributed by atoms with Gasteiger partial charge in [-0.15, -0.1) is 0 Å². The predicted molar refractivity (Wildman–Crippen MR) is 66.2 cm³/mol. The van der Waals surface area contributed by atoms with Crippen molar-refractivity contribution in [3.05, 3.63) is 24.3 Å². The van der Waals surface area contributed by atoms with Gasteiger partial charge in [-0.25, -0.2) is 4.79 Å². The number of hydrogen-bond acceptors (Lipinski definition) is 3. The minimum absolute atomic E-state index is 0.0943. The fourth-order valence-corrected chi connectivity index (χ4v) is 1.85. The van der Waals surface area contributed by atoms with Crippen molar-refractivity contribution in [3.8, 4) is 5.75 Å². The van der Waals surface area contributed by atoms with E-state index in [-0.39, 0.29) is 12.1 Å². The van der Waals surface area contributed by atoms with Crippen LogP contribution >= 0.6 is 0 Å². The molecule has 1 saturated heterocycles. The number of benzene rings is 1. The van der Waals surface area contributed by atoms with Crippen LogP contribution in [0.15, 0.2) is 24.3 Å². The number of nitrogens with one attached hydrogen (secondary N) is 1. The second-order valence-corrected chi connectivity index (χ2v) is 4.15. The van der Waals surface area contributed by atoms with E-state index >= 15 is 0 Å². The van der Waals surface area contributed by atoms with Gasteiger partial charge in [0.1, 0.15) is 5.75 Å². The molecular formula is C12H17N3O2. The number of carbonyl (C=O) groups excluding carboxylic acids is 1. The molecule has 0 radical (unpaired) electrons. The third-order valence-electron chi connectivity index (χ3n) is 2.85. The maximum Gasteiger partial charge on any atom is 0.321 e. The minimum Gasteiger partial charge on any atom is -0.497 e. The summed E-state index contributed by atoms with van der Waals surface area (Å²) in [6.07, 6.45) is 0.871. The fourth-order valence-electron chi connectivity index (χ4n) is 1.85. The molecule has 0 saturated carbocycles. The number of ether oxygens (including phenoxy) is 1. The van der Waals surface area contributed by atoms with E-state index in [0.717, 1.165) is 24.4 Å². The first-order valence-corrected chi connectivity index (χ1v) is 5.64. The highest BCUT2D eigenvalue weighted by molar-refractivity contribution is 5.89. The van der Waals surface area contributed by atoms with Crippen LogP contribution in [-0.2, 0) is 0 Å². The fraction of sp³-hybridized carbons (Fsp3) is 0.417. The Morgan fingerprint density at radius 2 is 2.18 bits per heavy atom. The van der Waals surface area contributed by atoms with E-state index in [9.17, 15) is 4.79 Å². The SMILES string of the molecule is COc1ccc(NC(=O)N2CCC(N)C2)cc1. The van der Waals surface area contributed by atoms with Crippen LogP contribution < -0.4 is 15.8 Å². The lowest BCUT2D eigenvalue weighted by Crippen LogP contribution is -2.35. The average molecular weight is 235 g/mol. The number of urea groups is 1. The van der Waals surface area contributed by atoms with Gasteiger partial charge in [0.25, 0.3) is 0 Å². The Morgan fingerprint density at radius 3 is 2.71 bits per heavy atom. The molecule has 2 rings (SSSR count).